The fourth-order valence-electron chi connectivity index (χ4n) is 2.68. The summed E-state index contributed by atoms with van der Waals surface area (Å²) in [5.41, 5.74) is 7.54. The lowest BCUT2D eigenvalue weighted by molar-refractivity contribution is 0.0668. The van der Waals surface area contributed by atoms with Gasteiger partial charge in [-0.15, -0.1) is 0 Å². The molecule has 0 spiro atoms. The molecule has 19 heavy (non-hydrogen) atoms. The molecule has 1 amide bonds. The number of carbonyl (C=O) groups excluding carboxylic acids is 1. The fourth-order valence-corrected chi connectivity index (χ4v) is 3.35. The van der Waals surface area contributed by atoms with E-state index in [0.717, 1.165) is 41.5 Å². The van der Waals surface area contributed by atoms with E-state index in [0.29, 0.717) is 12.5 Å². The number of hydrogen-bond donors (Lipinski definition) is 1. The molecule has 1 saturated heterocycles. The number of aryl methyl sites for hydroxylation is 1. The molecule has 1 heterocycles. The smallest absolute Gasteiger partial charge is 0.255 e. The molecule has 0 aliphatic carbocycles. The highest BCUT2D eigenvalue weighted by molar-refractivity contribution is 9.10. The molecule has 2 rings (SSSR count). The van der Waals surface area contributed by atoms with Crippen LogP contribution in [0.4, 0.5) is 0 Å². The Morgan fingerprint density at radius 3 is 3.00 bits per heavy atom. The Morgan fingerprint density at radius 1 is 1.53 bits per heavy atom. The second kappa shape index (κ2) is 6.53. The molecule has 1 aromatic rings. The van der Waals surface area contributed by atoms with E-state index >= 15 is 0 Å². The van der Waals surface area contributed by atoms with Crippen LogP contribution in [0.25, 0.3) is 0 Å². The summed E-state index contributed by atoms with van der Waals surface area (Å²) in [5, 5.41) is 0. The predicted octanol–water partition coefficient (Wildman–Crippen LogP) is 2.96. The van der Waals surface area contributed by atoms with Crippen molar-refractivity contribution in [2.45, 2.75) is 26.2 Å². The van der Waals surface area contributed by atoms with Gasteiger partial charge in [-0.2, -0.15) is 0 Å². The topological polar surface area (TPSA) is 46.3 Å². The maximum absolute atomic E-state index is 12.5. The molecular formula is C15H21BrN2O. The molecule has 0 saturated carbocycles. The van der Waals surface area contributed by atoms with Gasteiger partial charge >= 0.3 is 0 Å². The number of carbonyl (C=O) groups is 1. The number of halogens is 1. The number of piperidine rings is 1. The summed E-state index contributed by atoms with van der Waals surface area (Å²) in [6, 6.07) is 5.89. The zero-order chi connectivity index (χ0) is 13.8. The first-order chi connectivity index (χ1) is 9.11. The van der Waals surface area contributed by atoms with Crippen LogP contribution in [0.1, 0.15) is 35.2 Å². The van der Waals surface area contributed by atoms with Crippen molar-refractivity contribution in [3.05, 3.63) is 33.8 Å². The number of amides is 1. The summed E-state index contributed by atoms with van der Waals surface area (Å²) in [7, 11) is 0. The van der Waals surface area contributed by atoms with Crippen LogP contribution in [0.3, 0.4) is 0 Å². The van der Waals surface area contributed by atoms with Gasteiger partial charge < -0.3 is 10.6 Å². The van der Waals surface area contributed by atoms with E-state index < -0.39 is 0 Å². The van der Waals surface area contributed by atoms with Crippen molar-refractivity contribution in [1.82, 2.24) is 4.90 Å². The zero-order valence-electron chi connectivity index (χ0n) is 11.4. The Labute approximate surface area is 123 Å². The van der Waals surface area contributed by atoms with Crippen molar-refractivity contribution in [3.8, 4) is 0 Å². The summed E-state index contributed by atoms with van der Waals surface area (Å²) in [4.78, 5) is 14.5. The van der Waals surface area contributed by atoms with Gasteiger partial charge in [-0.3, -0.25) is 4.79 Å². The number of likely N-dealkylation sites (tertiary alicyclic amines) is 1. The van der Waals surface area contributed by atoms with E-state index in [-0.39, 0.29) is 5.91 Å². The monoisotopic (exact) mass is 324 g/mol. The van der Waals surface area contributed by atoms with Crippen LogP contribution in [0.15, 0.2) is 22.7 Å². The van der Waals surface area contributed by atoms with Gasteiger partial charge in [0.05, 0.1) is 5.56 Å². The Bertz CT molecular complexity index is 459. The molecule has 0 aromatic heterocycles. The second-order valence-electron chi connectivity index (χ2n) is 5.32. The minimum atomic E-state index is 0.133. The third-order valence-corrected chi connectivity index (χ3v) is 4.39. The van der Waals surface area contributed by atoms with Gasteiger partial charge in [-0.25, -0.2) is 0 Å². The SMILES string of the molecule is Cc1ccc(C(=O)N2CCCC(CCN)C2)c(Br)c1. The Balaban J connectivity index is 2.10. The maximum Gasteiger partial charge on any atom is 0.255 e. The van der Waals surface area contributed by atoms with E-state index in [4.69, 9.17) is 5.73 Å². The van der Waals surface area contributed by atoms with Crippen LogP contribution in [0.2, 0.25) is 0 Å². The first-order valence-corrected chi connectivity index (χ1v) is 7.66. The van der Waals surface area contributed by atoms with Crippen molar-refractivity contribution in [2.75, 3.05) is 19.6 Å². The van der Waals surface area contributed by atoms with Gasteiger partial charge in [0.1, 0.15) is 0 Å². The van der Waals surface area contributed by atoms with Gasteiger partial charge in [-0.1, -0.05) is 6.07 Å². The largest absolute Gasteiger partial charge is 0.338 e. The summed E-state index contributed by atoms with van der Waals surface area (Å²) in [6.07, 6.45) is 3.29. The van der Waals surface area contributed by atoms with Crippen LogP contribution < -0.4 is 5.73 Å². The molecule has 1 fully saturated rings. The molecule has 1 aliphatic heterocycles. The molecule has 1 aliphatic rings. The van der Waals surface area contributed by atoms with Crippen LogP contribution in [0.5, 0.6) is 0 Å². The highest BCUT2D eigenvalue weighted by Gasteiger charge is 2.25. The number of benzene rings is 1. The van der Waals surface area contributed by atoms with Crippen LogP contribution in [0, 0.1) is 12.8 Å². The highest BCUT2D eigenvalue weighted by atomic mass is 79.9. The van der Waals surface area contributed by atoms with E-state index in [1.165, 1.54) is 6.42 Å². The van der Waals surface area contributed by atoms with Crippen molar-refractivity contribution in [3.63, 3.8) is 0 Å². The fraction of sp³-hybridized carbons (Fsp3) is 0.533. The summed E-state index contributed by atoms with van der Waals surface area (Å²) < 4.78 is 0.887. The Kier molecular flexibility index (Phi) is 4.99. The van der Waals surface area contributed by atoms with E-state index in [2.05, 4.69) is 15.9 Å². The van der Waals surface area contributed by atoms with Crippen molar-refractivity contribution >= 4 is 21.8 Å². The maximum atomic E-state index is 12.5. The van der Waals surface area contributed by atoms with Gasteiger partial charge in [0, 0.05) is 17.6 Å². The van der Waals surface area contributed by atoms with Crippen LogP contribution >= 0.6 is 15.9 Å². The summed E-state index contributed by atoms with van der Waals surface area (Å²) in [6.45, 7) is 4.44. The van der Waals surface area contributed by atoms with Crippen LogP contribution in [-0.2, 0) is 0 Å². The van der Waals surface area contributed by atoms with E-state index in [1.807, 2.05) is 30.0 Å². The van der Waals surface area contributed by atoms with Crippen molar-refractivity contribution < 1.29 is 4.79 Å². The van der Waals surface area contributed by atoms with E-state index in [1.54, 1.807) is 0 Å². The third kappa shape index (κ3) is 3.57. The molecule has 104 valence electrons. The number of rotatable bonds is 3. The molecule has 0 radical (unpaired) electrons. The lowest BCUT2D eigenvalue weighted by Crippen LogP contribution is -2.40. The standard InChI is InChI=1S/C15H21BrN2O/c1-11-4-5-13(14(16)9-11)15(19)18-8-2-3-12(10-18)6-7-17/h4-5,9,12H,2-3,6-8,10,17H2,1H3. The Hall–Kier alpha value is -0.870. The molecule has 3 nitrogen and oxygen atoms in total. The van der Waals surface area contributed by atoms with Gasteiger partial charge in [-0.05, 0) is 72.3 Å². The minimum absolute atomic E-state index is 0.133. The molecule has 1 atom stereocenters. The normalized spacial score (nSPS) is 19.5. The first kappa shape index (κ1) is 14.5. The lowest BCUT2D eigenvalue weighted by atomic mass is 9.94. The first-order valence-electron chi connectivity index (χ1n) is 6.87. The molecular weight excluding hydrogens is 304 g/mol. The average molecular weight is 325 g/mol. The second-order valence-corrected chi connectivity index (χ2v) is 6.17. The molecule has 0 bridgehead atoms. The number of hydrogen-bond acceptors (Lipinski definition) is 2. The third-order valence-electron chi connectivity index (χ3n) is 3.74. The van der Waals surface area contributed by atoms with E-state index in [9.17, 15) is 4.79 Å². The van der Waals surface area contributed by atoms with Gasteiger partial charge in [0.25, 0.3) is 5.91 Å². The minimum Gasteiger partial charge on any atom is -0.338 e. The molecule has 1 unspecified atom stereocenters. The van der Waals surface area contributed by atoms with Gasteiger partial charge in [0.2, 0.25) is 0 Å². The summed E-state index contributed by atoms with van der Waals surface area (Å²) >= 11 is 3.49. The molecule has 1 aromatic carbocycles. The van der Waals surface area contributed by atoms with Crippen molar-refractivity contribution in [2.24, 2.45) is 11.7 Å². The zero-order valence-corrected chi connectivity index (χ0v) is 12.9. The summed E-state index contributed by atoms with van der Waals surface area (Å²) in [5.74, 6) is 0.695. The lowest BCUT2D eigenvalue weighted by Gasteiger charge is -2.33. The van der Waals surface area contributed by atoms with Crippen molar-refractivity contribution in [1.29, 1.82) is 0 Å². The molecule has 4 heteroatoms. The highest BCUT2D eigenvalue weighted by Crippen LogP contribution is 2.24. The number of nitrogens with zero attached hydrogens (tertiary/aromatic N) is 1. The average Bonchev–Trinajstić information content (AvgIpc) is 2.39. The predicted molar refractivity (Wildman–Crippen MR) is 81.2 cm³/mol. The quantitative estimate of drug-likeness (QED) is 0.929. The van der Waals surface area contributed by atoms with Crippen LogP contribution in [-0.4, -0.2) is 30.4 Å². The van der Waals surface area contributed by atoms with Gasteiger partial charge in [0.15, 0.2) is 0 Å². The molecule has 2 N–H and O–H groups in total. The Morgan fingerprint density at radius 2 is 2.32 bits per heavy atom. The number of nitrogens with two attached hydrogens (primary N) is 1.